The zero-order valence-corrected chi connectivity index (χ0v) is 11.3. The summed E-state index contributed by atoms with van der Waals surface area (Å²) in [5, 5.41) is 19.5. The van der Waals surface area contributed by atoms with Crippen LogP contribution in [0.5, 0.6) is 5.75 Å². The Balaban J connectivity index is 2.95. The summed E-state index contributed by atoms with van der Waals surface area (Å²) in [6.45, 7) is 2.43. The van der Waals surface area contributed by atoms with E-state index in [0.29, 0.717) is 18.7 Å². The predicted octanol–water partition coefficient (Wildman–Crippen LogP) is 2.34. The lowest BCUT2D eigenvalue weighted by atomic mass is 10.1. The van der Waals surface area contributed by atoms with Crippen molar-refractivity contribution in [3.05, 3.63) is 33.9 Å². The molecule has 0 radical (unpaired) electrons. The molecular weight excluding hydrogens is 246 g/mol. The van der Waals surface area contributed by atoms with E-state index >= 15 is 0 Å². The molecule has 0 aromatic heterocycles. The van der Waals surface area contributed by atoms with Crippen molar-refractivity contribution in [2.45, 2.75) is 25.9 Å². The van der Waals surface area contributed by atoms with E-state index in [1.807, 2.05) is 18.9 Å². The Kier molecular flexibility index (Phi) is 5.27. The summed E-state index contributed by atoms with van der Waals surface area (Å²) in [7, 11) is 3.41. The molecule has 0 saturated carbocycles. The fraction of sp³-hybridized carbons (Fsp3) is 0.462. The molecule has 0 saturated heterocycles. The smallest absolute Gasteiger partial charge is 0.270 e. The number of nitriles is 1. The van der Waals surface area contributed by atoms with E-state index in [9.17, 15) is 10.1 Å². The van der Waals surface area contributed by atoms with Crippen molar-refractivity contribution in [2.75, 3.05) is 14.2 Å². The van der Waals surface area contributed by atoms with Gasteiger partial charge in [0.05, 0.1) is 24.5 Å². The molecule has 0 N–H and O–H groups in total. The van der Waals surface area contributed by atoms with E-state index in [1.165, 1.54) is 19.2 Å². The number of hydrogen-bond acceptors (Lipinski definition) is 5. The molecule has 0 aliphatic rings. The van der Waals surface area contributed by atoms with E-state index in [0.717, 1.165) is 5.56 Å². The quantitative estimate of drug-likeness (QED) is 0.581. The minimum Gasteiger partial charge on any atom is -0.496 e. The first kappa shape index (κ1) is 14.9. The fourth-order valence-corrected chi connectivity index (χ4v) is 1.71. The van der Waals surface area contributed by atoms with Gasteiger partial charge in [0, 0.05) is 30.3 Å². The van der Waals surface area contributed by atoms with E-state index in [1.54, 1.807) is 6.07 Å². The predicted molar refractivity (Wildman–Crippen MR) is 70.8 cm³/mol. The molecule has 1 atom stereocenters. The molecular formula is C13H17N3O3. The molecule has 0 fully saturated rings. The van der Waals surface area contributed by atoms with Crippen LogP contribution in [0.15, 0.2) is 18.2 Å². The number of nitrogens with zero attached hydrogens (tertiary/aromatic N) is 3. The van der Waals surface area contributed by atoms with Crippen LogP contribution in [0.1, 0.15) is 18.9 Å². The number of ether oxygens (including phenoxy) is 1. The minimum absolute atomic E-state index is 0.0390. The molecule has 1 aromatic carbocycles. The van der Waals surface area contributed by atoms with Gasteiger partial charge in [-0.2, -0.15) is 5.26 Å². The van der Waals surface area contributed by atoms with Gasteiger partial charge in [-0.05, 0) is 20.0 Å². The average molecular weight is 263 g/mol. The maximum Gasteiger partial charge on any atom is 0.270 e. The monoisotopic (exact) mass is 263 g/mol. The second-order valence-electron chi connectivity index (χ2n) is 4.38. The molecule has 0 aliphatic carbocycles. The first-order valence-electron chi connectivity index (χ1n) is 5.88. The van der Waals surface area contributed by atoms with Crippen LogP contribution in [0.25, 0.3) is 0 Å². The van der Waals surface area contributed by atoms with E-state index in [-0.39, 0.29) is 11.7 Å². The molecule has 0 bridgehead atoms. The Bertz CT molecular complexity index is 496. The number of non-ortho nitro benzene ring substituents is 1. The Morgan fingerprint density at radius 2 is 2.26 bits per heavy atom. The average Bonchev–Trinajstić information content (AvgIpc) is 2.38. The summed E-state index contributed by atoms with van der Waals surface area (Å²) in [6.07, 6.45) is 0.410. The summed E-state index contributed by atoms with van der Waals surface area (Å²) in [4.78, 5) is 12.3. The number of benzene rings is 1. The summed E-state index contributed by atoms with van der Waals surface area (Å²) in [5.74, 6) is 0.613. The van der Waals surface area contributed by atoms with Crippen molar-refractivity contribution in [1.29, 1.82) is 5.26 Å². The standard InChI is InChI=1S/C13H17N3O3/c1-10(6-7-14)15(2)9-11-8-12(16(17)18)4-5-13(11)19-3/h4-5,8,10H,6,9H2,1-3H3. The zero-order valence-electron chi connectivity index (χ0n) is 11.3. The third kappa shape index (κ3) is 3.93. The second-order valence-corrected chi connectivity index (χ2v) is 4.38. The van der Waals surface area contributed by atoms with Crippen LogP contribution in [0.4, 0.5) is 5.69 Å². The molecule has 1 rings (SSSR count). The molecule has 19 heavy (non-hydrogen) atoms. The molecule has 6 heteroatoms. The number of nitro groups is 1. The number of nitro benzene ring substituents is 1. The molecule has 0 spiro atoms. The Morgan fingerprint density at radius 3 is 2.79 bits per heavy atom. The maximum atomic E-state index is 10.8. The molecule has 6 nitrogen and oxygen atoms in total. The third-order valence-corrected chi connectivity index (χ3v) is 3.03. The molecule has 0 aliphatic heterocycles. The summed E-state index contributed by atoms with van der Waals surface area (Å²) in [6, 6.07) is 6.71. The number of methoxy groups -OCH3 is 1. The van der Waals surface area contributed by atoms with Crippen molar-refractivity contribution in [1.82, 2.24) is 4.90 Å². The second kappa shape index (κ2) is 6.71. The Hall–Kier alpha value is -2.13. The first-order chi connectivity index (χ1) is 8.99. The highest BCUT2D eigenvalue weighted by atomic mass is 16.6. The van der Waals surface area contributed by atoms with Crippen molar-refractivity contribution >= 4 is 5.69 Å². The fourth-order valence-electron chi connectivity index (χ4n) is 1.71. The van der Waals surface area contributed by atoms with Crippen LogP contribution in [0, 0.1) is 21.4 Å². The summed E-state index contributed by atoms with van der Waals surface area (Å²) < 4.78 is 5.21. The van der Waals surface area contributed by atoms with Gasteiger partial charge in [0.15, 0.2) is 0 Å². The van der Waals surface area contributed by atoms with Gasteiger partial charge in [0.25, 0.3) is 5.69 Å². The highest BCUT2D eigenvalue weighted by Crippen LogP contribution is 2.25. The van der Waals surface area contributed by atoms with Crippen LogP contribution >= 0.6 is 0 Å². The number of hydrogen-bond donors (Lipinski definition) is 0. The summed E-state index contributed by atoms with van der Waals surface area (Å²) >= 11 is 0. The topological polar surface area (TPSA) is 79.4 Å². The van der Waals surface area contributed by atoms with Gasteiger partial charge in [0.1, 0.15) is 5.75 Å². The highest BCUT2D eigenvalue weighted by Gasteiger charge is 2.15. The molecule has 1 aromatic rings. The number of rotatable bonds is 6. The highest BCUT2D eigenvalue weighted by molar-refractivity contribution is 5.43. The Labute approximate surface area is 112 Å². The van der Waals surface area contributed by atoms with Crippen LogP contribution < -0.4 is 4.74 Å². The lowest BCUT2D eigenvalue weighted by Crippen LogP contribution is -2.28. The molecule has 102 valence electrons. The Morgan fingerprint density at radius 1 is 1.58 bits per heavy atom. The zero-order chi connectivity index (χ0) is 14.4. The van der Waals surface area contributed by atoms with Gasteiger partial charge in [-0.25, -0.2) is 0 Å². The van der Waals surface area contributed by atoms with Crippen molar-refractivity contribution in [3.8, 4) is 11.8 Å². The van der Waals surface area contributed by atoms with Gasteiger partial charge in [-0.1, -0.05) is 0 Å². The van der Waals surface area contributed by atoms with Gasteiger partial charge >= 0.3 is 0 Å². The largest absolute Gasteiger partial charge is 0.496 e. The molecule has 0 heterocycles. The lowest BCUT2D eigenvalue weighted by molar-refractivity contribution is -0.385. The van der Waals surface area contributed by atoms with Crippen LogP contribution in [-0.4, -0.2) is 30.0 Å². The van der Waals surface area contributed by atoms with Gasteiger partial charge in [-0.3, -0.25) is 15.0 Å². The SMILES string of the molecule is COc1ccc([N+](=O)[O-])cc1CN(C)C(C)CC#N. The van der Waals surface area contributed by atoms with Crippen LogP contribution in [0.3, 0.4) is 0 Å². The first-order valence-corrected chi connectivity index (χ1v) is 5.88. The maximum absolute atomic E-state index is 10.8. The summed E-state index contributed by atoms with van der Waals surface area (Å²) in [5.41, 5.74) is 0.779. The normalized spacial score (nSPS) is 11.9. The third-order valence-electron chi connectivity index (χ3n) is 3.03. The van der Waals surface area contributed by atoms with E-state index < -0.39 is 4.92 Å². The van der Waals surface area contributed by atoms with Crippen molar-refractivity contribution < 1.29 is 9.66 Å². The molecule has 0 amide bonds. The van der Waals surface area contributed by atoms with Gasteiger partial charge in [0.2, 0.25) is 0 Å². The van der Waals surface area contributed by atoms with E-state index in [2.05, 4.69) is 6.07 Å². The minimum atomic E-state index is -0.429. The van der Waals surface area contributed by atoms with E-state index in [4.69, 9.17) is 10.00 Å². The van der Waals surface area contributed by atoms with Gasteiger partial charge in [-0.15, -0.1) is 0 Å². The van der Waals surface area contributed by atoms with Crippen molar-refractivity contribution in [3.63, 3.8) is 0 Å². The van der Waals surface area contributed by atoms with Gasteiger partial charge < -0.3 is 4.74 Å². The van der Waals surface area contributed by atoms with Crippen molar-refractivity contribution in [2.24, 2.45) is 0 Å². The van der Waals surface area contributed by atoms with Crippen LogP contribution in [-0.2, 0) is 6.54 Å². The lowest BCUT2D eigenvalue weighted by Gasteiger charge is -2.23. The van der Waals surface area contributed by atoms with Crippen LogP contribution in [0.2, 0.25) is 0 Å². The molecule has 1 unspecified atom stereocenters.